The summed E-state index contributed by atoms with van der Waals surface area (Å²) in [7, 11) is -1.30. The van der Waals surface area contributed by atoms with E-state index in [-0.39, 0.29) is 0 Å². The van der Waals surface area contributed by atoms with E-state index in [1.54, 1.807) is 0 Å². The quantitative estimate of drug-likeness (QED) is 0.522. The zero-order valence-electron chi connectivity index (χ0n) is 6.04. The van der Waals surface area contributed by atoms with E-state index < -0.39 is 7.12 Å². The van der Waals surface area contributed by atoms with Gasteiger partial charge in [-0.3, -0.25) is 0 Å². The monoisotopic (exact) mass is 138 g/mol. The number of hydrogen-bond acceptors (Lipinski definition) is 2. The van der Waals surface area contributed by atoms with Crippen molar-refractivity contribution in [3.8, 4) is 0 Å². The summed E-state index contributed by atoms with van der Waals surface area (Å²) in [5, 5.41) is 17.5. The van der Waals surface area contributed by atoms with Gasteiger partial charge in [0.25, 0.3) is 0 Å². The van der Waals surface area contributed by atoms with Gasteiger partial charge in [-0.1, -0.05) is 17.7 Å². The molecule has 0 aromatic heterocycles. The molecule has 1 aliphatic rings. The van der Waals surface area contributed by atoms with Gasteiger partial charge in [-0.25, -0.2) is 0 Å². The Bertz CT molecular complexity index is 182. The van der Waals surface area contributed by atoms with Crippen molar-refractivity contribution in [1.82, 2.24) is 0 Å². The van der Waals surface area contributed by atoms with Gasteiger partial charge in [0.05, 0.1) is 0 Å². The second kappa shape index (κ2) is 3.04. The number of allylic oxidation sites excluding steroid dienone is 4. The molecule has 2 nitrogen and oxygen atoms in total. The first kappa shape index (κ1) is 7.57. The summed E-state index contributed by atoms with van der Waals surface area (Å²) in [6.07, 6.45) is 5.65. The lowest BCUT2D eigenvalue weighted by Gasteiger charge is -2.08. The van der Waals surface area contributed by atoms with E-state index >= 15 is 0 Å². The lowest BCUT2D eigenvalue weighted by molar-refractivity contribution is 0.420. The minimum Gasteiger partial charge on any atom is -0.423 e. The molecule has 2 N–H and O–H groups in total. The number of rotatable bonds is 1. The summed E-state index contributed by atoms with van der Waals surface area (Å²) in [6, 6.07) is 0. The normalized spacial score (nSPS) is 17.9. The van der Waals surface area contributed by atoms with Crippen LogP contribution in [0.2, 0.25) is 0 Å². The van der Waals surface area contributed by atoms with Gasteiger partial charge in [0.1, 0.15) is 0 Å². The summed E-state index contributed by atoms with van der Waals surface area (Å²) in [5.41, 5.74) is 1.84. The summed E-state index contributed by atoms with van der Waals surface area (Å²) in [5.74, 6) is 0. The van der Waals surface area contributed by atoms with E-state index in [0.717, 1.165) is 12.8 Å². The summed E-state index contributed by atoms with van der Waals surface area (Å²) < 4.78 is 0. The average Bonchev–Trinajstić information content (AvgIpc) is 1.88. The molecule has 0 unspecified atom stereocenters. The van der Waals surface area contributed by atoms with Gasteiger partial charge in [-0.15, -0.1) is 0 Å². The van der Waals surface area contributed by atoms with Crippen LogP contribution in [0.3, 0.4) is 0 Å². The topological polar surface area (TPSA) is 40.5 Å². The second-order valence-electron chi connectivity index (χ2n) is 2.61. The molecular weight excluding hydrogens is 127 g/mol. The SMILES string of the molecule is CC1=CC(B(O)O)=CCC1. The first-order valence-corrected chi connectivity index (χ1v) is 3.43. The highest BCUT2D eigenvalue weighted by molar-refractivity contribution is 6.51. The second-order valence-corrected chi connectivity index (χ2v) is 2.61. The van der Waals surface area contributed by atoms with Crippen molar-refractivity contribution >= 4 is 7.12 Å². The fourth-order valence-electron chi connectivity index (χ4n) is 1.06. The van der Waals surface area contributed by atoms with Crippen LogP contribution in [0.5, 0.6) is 0 Å². The van der Waals surface area contributed by atoms with Crippen molar-refractivity contribution < 1.29 is 10.0 Å². The molecular formula is C7H11BO2. The van der Waals surface area contributed by atoms with Crippen LogP contribution in [0.25, 0.3) is 0 Å². The lowest BCUT2D eigenvalue weighted by Crippen LogP contribution is -2.15. The first-order chi connectivity index (χ1) is 4.70. The zero-order chi connectivity index (χ0) is 7.56. The Morgan fingerprint density at radius 3 is 2.60 bits per heavy atom. The smallest absolute Gasteiger partial charge is 0.423 e. The molecule has 0 bridgehead atoms. The van der Waals surface area contributed by atoms with Crippen LogP contribution in [0, 0.1) is 0 Å². The minimum atomic E-state index is -1.30. The molecule has 0 saturated carbocycles. The largest absolute Gasteiger partial charge is 0.488 e. The van der Waals surface area contributed by atoms with Gasteiger partial charge >= 0.3 is 7.12 Å². The molecule has 1 rings (SSSR count). The summed E-state index contributed by atoms with van der Waals surface area (Å²) >= 11 is 0. The summed E-state index contributed by atoms with van der Waals surface area (Å²) in [4.78, 5) is 0. The molecule has 1 aliphatic carbocycles. The third kappa shape index (κ3) is 1.72. The predicted octanol–water partition coefficient (Wildman–Crippen LogP) is 0.665. The van der Waals surface area contributed by atoms with Gasteiger partial charge < -0.3 is 10.0 Å². The van der Waals surface area contributed by atoms with Crippen LogP contribution in [-0.2, 0) is 0 Å². The third-order valence-electron chi connectivity index (χ3n) is 1.63. The van der Waals surface area contributed by atoms with Crippen molar-refractivity contribution in [1.29, 1.82) is 0 Å². The standard InChI is InChI=1S/C7H11BO2/c1-6-3-2-4-7(5-6)8(9)10/h4-5,9-10H,2-3H2,1H3. The minimum absolute atomic E-state index is 0.628. The van der Waals surface area contributed by atoms with Crippen LogP contribution in [-0.4, -0.2) is 17.2 Å². The van der Waals surface area contributed by atoms with Crippen molar-refractivity contribution in [2.45, 2.75) is 19.8 Å². The first-order valence-electron chi connectivity index (χ1n) is 3.43. The zero-order valence-corrected chi connectivity index (χ0v) is 6.04. The van der Waals surface area contributed by atoms with Gasteiger partial charge in [0, 0.05) is 0 Å². The highest BCUT2D eigenvalue weighted by Gasteiger charge is 2.13. The van der Waals surface area contributed by atoms with Crippen molar-refractivity contribution in [3.05, 3.63) is 23.2 Å². The molecule has 0 amide bonds. The molecule has 0 aromatic carbocycles. The van der Waals surface area contributed by atoms with E-state index in [2.05, 4.69) is 0 Å². The Hall–Kier alpha value is -0.535. The van der Waals surface area contributed by atoms with Crippen LogP contribution < -0.4 is 0 Å². The highest BCUT2D eigenvalue weighted by atomic mass is 16.4. The highest BCUT2D eigenvalue weighted by Crippen LogP contribution is 2.16. The van der Waals surface area contributed by atoms with Crippen molar-refractivity contribution in [2.24, 2.45) is 0 Å². The Kier molecular flexibility index (Phi) is 2.30. The molecule has 0 saturated heterocycles. The molecule has 0 radical (unpaired) electrons. The van der Waals surface area contributed by atoms with Crippen molar-refractivity contribution in [3.63, 3.8) is 0 Å². The van der Waals surface area contributed by atoms with E-state index in [1.165, 1.54) is 5.57 Å². The Balaban J connectivity index is 2.69. The summed E-state index contributed by atoms with van der Waals surface area (Å²) in [6.45, 7) is 2.00. The third-order valence-corrected chi connectivity index (χ3v) is 1.63. The van der Waals surface area contributed by atoms with Gasteiger partial charge in [-0.2, -0.15) is 0 Å². The van der Waals surface area contributed by atoms with E-state index in [0.29, 0.717) is 5.47 Å². The fraction of sp³-hybridized carbons (Fsp3) is 0.429. The molecule has 0 fully saturated rings. The van der Waals surface area contributed by atoms with Gasteiger partial charge in [0.15, 0.2) is 0 Å². The van der Waals surface area contributed by atoms with Crippen LogP contribution >= 0.6 is 0 Å². The van der Waals surface area contributed by atoms with Gasteiger partial charge in [0.2, 0.25) is 0 Å². The molecule has 3 heteroatoms. The Labute approximate surface area is 61.0 Å². The van der Waals surface area contributed by atoms with Crippen LogP contribution in [0.1, 0.15) is 19.8 Å². The fourth-order valence-corrected chi connectivity index (χ4v) is 1.06. The maximum absolute atomic E-state index is 8.74. The maximum atomic E-state index is 8.74. The molecule has 0 atom stereocenters. The Morgan fingerprint density at radius 2 is 2.20 bits per heavy atom. The average molecular weight is 138 g/mol. The molecule has 54 valence electrons. The molecule has 0 heterocycles. The Morgan fingerprint density at radius 1 is 1.50 bits per heavy atom. The van der Waals surface area contributed by atoms with Crippen molar-refractivity contribution in [2.75, 3.05) is 0 Å². The number of hydrogen-bond donors (Lipinski definition) is 2. The molecule has 0 spiro atoms. The van der Waals surface area contributed by atoms with E-state index in [1.807, 2.05) is 19.1 Å². The maximum Gasteiger partial charge on any atom is 0.488 e. The molecule has 10 heavy (non-hydrogen) atoms. The predicted molar refractivity (Wildman–Crippen MR) is 41.3 cm³/mol. The van der Waals surface area contributed by atoms with Crippen LogP contribution in [0.4, 0.5) is 0 Å². The van der Waals surface area contributed by atoms with E-state index in [4.69, 9.17) is 10.0 Å². The lowest BCUT2D eigenvalue weighted by atomic mass is 9.75. The molecule has 0 aliphatic heterocycles. The van der Waals surface area contributed by atoms with E-state index in [9.17, 15) is 0 Å². The molecule has 0 aromatic rings. The van der Waals surface area contributed by atoms with Gasteiger partial charge in [-0.05, 0) is 25.2 Å². The van der Waals surface area contributed by atoms with Crippen LogP contribution in [0.15, 0.2) is 23.2 Å².